The first-order valence-corrected chi connectivity index (χ1v) is 11.6. The summed E-state index contributed by atoms with van der Waals surface area (Å²) in [5.74, 6) is -1.41. The number of ether oxygens (including phenoxy) is 3. The van der Waals surface area contributed by atoms with Crippen LogP contribution in [0.3, 0.4) is 0 Å². The second-order valence-electron chi connectivity index (χ2n) is 7.73. The van der Waals surface area contributed by atoms with Crippen LogP contribution < -0.4 is 9.47 Å². The van der Waals surface area contributed by atoms with Gasteiger partial charge >= 0.3 is 5.97 Å². The van der Waals surface area contributed by atoms with Crippen molar-refractivity contribution < 1.29 is 24.1 Å². The standard InChI is InChI=1S/C24H15BrN2O5S/c25-16-5-1-13(2-6-16)9-17-22(14-3-8-20-21(10-14)31-12-30-20)23(28)32-24(17,29)15-4-7-18-19(11-15)27-33-26-18/h1-8,10-11,29H,9,12H2. The van der Waals surface area contributed by atoms with E-state index in [1.54, 1.807) is 36.4 Å². The molecular weight excluding hydrogens is 508 g/mol. The lowest BCUT2D eigenvalue weighted by atomic mass is 9.88. The van der Waals surface area contributed by atoms with Gasteiger partial charge in [0.05, 0.1) is 17.3 Å². The lowest BCUT2D eigenvalue weighted by Crippen LogP contribution is -2.29. The van der Waals surface area contributed by atoms with Crippen LogP contribution in [0.1, 0.15) is 16.7 Å². The molecule has 3 aromatic carbocycles. The number of cyclic esters (lactones) is 1. The van der Waals surface area contributed by atoms with Crippen LogP contribution in [0.15, 0.2) is 70.7 Å². The molecule has 0 saturated carbocycles. The van der Waals surface area contributed by atoms with Gasteiger partial charge in [0.25, 0.3) is 5.79 Å². The minimum atomic E-state index is -1.95. The summed E-state index contributed by atoms with van der Waals surface area (Å²) in [5.41, 5.74) is 4.00. The minimum absolute atomic E-state index is 0.125. The number of aromatic nitrogens is 2. The van der Waals surface area contributed by atoms with Gasteiger partial charge < -0.3 is 19.3 Å². The number of halogens is 1. The molecule has 33 heavy (non-hydrogen) atoms. The molecule has 0 saturated heterocycles. The molecule has 2 aliphatic heterocycles. The van der Waals surface area contributed by atoms with Gasteiger partial charge in [-0.15, -0.1) is 0 Å². The number of esters is 1. The molecule has 1 unspecified atom stereocenters. The third-order valence-corrected chi connectivity index (χ3v) is 6.84. The average Bonchev–Trinajstić information content (AvgIpc) is 3.53. The molecule has 0 bridgehead atoms. The van der Waals surface area contributed by atoms with Crippen molar-refractivity contribution in [2.45, 2.75) is 12.2 Å². The molecule has 7 nitrogen and oxygen atoms in total. The molecule has 0 radical (unpaired) electrons. The van der Waals surface area contributed by atoms with E-state index in [0.717, 1.165) is 21.8 Å². The van der Waals surface area contributed by atoms with Crippen molar-refractivity contribution in [3.05, 3.63) is 87.4 Å². The summed E-state index contributed by atoms with van der Waals surface area (Å²) >= 11 is 4.53. The van der Waals surface area contributed by atoms with E-state index in [4.69, 9.17) is 14.2 Å². The Balaban J connectivity index is 1.54. The van der Waals surface area contributed by atoms with Crippen LogP contribution in [-0.2, 0) is 21.7 Å². The third kappa shape index (κ3) is 3.40. The fourth-order valence-corrected chi connectivity index (χ4v) is 4.91. The Labute approximate surface area is 200 Å². The average molecular weight is 523 g/mol. The molecule has 0 aliphatic carbocycles. The van der Waals surface area contributed by atoms with E-state index in [-0.39, 0.29) is 6.79 Å². The number of carbonyl (C=O) groups excluding carboxylic acids is 1. The first kappa shape index (κ1) is 20.3. The normalized spacial score (nSPS) is 19.4. The van der Waals surface area contributed by atoms with Crippen LogP contribution in [0.25, 0.3) is 16.6 Å². The fraction of sp³-hybridized carbons (Fsp3) is 0.125. The van der Waals surface area contributed by atoms with Crippen molar-refractivity contribution in [1.29, 1.82) is 0 Å². The van der Waals surface area contributed by atoms with Gasteiger partial charge in [-0.1, -0.05) is 34.1 Å². The van der Waals surface area contributed by atoms with E-state index < -0.39 is 11.8 Å². The molecule has 3 heterocycles. The van der Waals surface area contributed by atoms with Gasteiger partial charge in [0.2, 0.25) is 6.79 Å². The third-order valence-electron chi connectivity index (χ3n) is 5.76. The van der Waals surface area contributed by atoms with Gasteiger partial charge in [-0.25, -0.2) is 4.79 Å². The second kappa shape index (κ2) is 7.65. The van der Waals surface area contributed by atoms with Crippen molar-refractivity contribution in [2.75, 3.05) is 6.79 Å². The van der Waals surface area contributed by atoms with E-state index in [1.807, 2.05) is 24.3 Å². The zero-order valence-electron chi connectivity index (χ0n) is 16.9. The summed E-state index contributed by atoms with van der Waals surface area (Å²) in [6.45, 7) is 0.125. The van der Waals surface area contributed by atoms with Crippen LogP contribution in [0.4, 0.5) is 0 Å². The van der Waals surface area contributed by atoms with Gasteiger partial charge in [0, 0.05) is 22.0 Å². The predicted molar refractivity (Wildman–Crippen MR) is 125 cm³/mol. The molecule has 0 amide bonds. The second-order valence-corrected chi connectivity index (χ2v) is 9.17. The predicted octanol–water partition coefficient (Wildman–Crippen LogP) is 4.58. The summed E-state index contributed by atoms with van der Waals surface area (Å²) in [6.07, 6.45) is 0.298. The highest BCUT2D eigenvalue weighted by Crippen LogP contribution is 2.46. The summed E-state index contributed by atoms with van der Waals surface area (Å²) in [4.78, 5) is 13.2. The molecule has 1 aromatic heterocycles. The molecule has 1 atom stereocenters. The van der Waals surface area contributed by atoms with Gasteiger partial charge in [-0.2, -0.15) is 8.75 Å². The Kier molecular flexibility index (Phi) is 4.72. The number of nitrogens with zero attached hydrogens (tertiary/aromatic N) is 2. The number of benzene rings is 3. The fourth-order valence-electron chi connectivity index (χ4n) is 4.12. The zero-order chi connectivity index (χ0) is 22.6. The van der Waals surface area contributed by atoms with Crippen LogP contribution in [0.2, 0.25) is 0 Å². The van der Waals surface area contributed by atoms with E-state index in [0.29, 0.717) is 51.2 Å². The highest BCUT2D eigenvalue weighted by Gasteiger charge is 2.48. The maximum atomic E-state index is 13.2. The summed E-state index contributed by atoms with van der Waals surface area (Å²) < 4.78 is 26.0. The van der Waals surface area contributed by atoms with Crippen molar-refractivity contribution in [3.63, 3.8) is 0 Å². The number of hydrogen-bond acceptors (Lipinski definition) is 8. The van der Waals surface area contributed by atoms with Crippen molar-refractivity contribution >= 4 is 50.2 Å². The monoisotopic (exact) mass is 522 g/mol. The molecule has 9 heteroatoms. The van der Waals surface area contributed by atoms with Crippen LogP contribution >= 0.6 is 27.7 Å². The van der Waals surface area contributed by atoms with Gasteiger partial charge in [-0.3, -0.25) is 0 Å². The highest BCUT2D eigenvalue weighted by atomic mass is 79.9. The number of hydrogen-bond donors (Lipinski definition) is 1. The maximum Gasteiger partial charge on any atom is 0.342 e. The molecule has 2 aliphatic rings. The topological polar surface area (TPSA) is 90.8 Å². The molecule has 0 fully saturated rings. The van der Waals surface area contributed by atoms with Crippen molar-refractivity contribution in [2.24, 2.45) is 0 Å². The highest BCUT2D eigenvalue weighted by molar-refractivity contribution is 9.10. The van der Waals surface area contributed by atoms with Crippen molar-refractivity contribution in [1.82, 2.24) is 8.75 Å². The lowest BCUT2D eigenvalue weighted by Gasteiger charge is -2.25. The minimum Gasteiger partial charge on any atom is -0.454 e. The van der Waals surface area contributed by atoms with Gasteiger partial charge in [0.15, 0.2) is 11.5 Å². The van der Waals surface area contributed by atoms with E-state index >= 15 is 0 Å². The van der Waals surface area contributed by atoms with Crippen molar-refractivity contribution in [3.8, 4) is 11.5 Å². The number of rotatable bonds is 4. The van der Waals surface area contributed by atoms with E-state index in [1.165, 1.54) is 0 Å². The molecule has 0 spiro atoms. The summed E-state index contributed by atoms with van der Waals surface area (Å²) in [6, 6.07) is 18.1. The zero-order valence-corrected chi connectivity index (χ0v) is 19.4. The first-order chi connectivity index (χ1) is 16.0. The summed E-state index contributed by atoms with van der Waals surface area (Å²) in [5, 5.41) is 11.8. The van der Waals surface area contributed by atoms with E-state index in [2.05, 4.69) is 24.7 Å². The Hall–Kier alpha value is -3.27. The Morgan fingerprint density at radius 2 is 1.76 bits per heavy atom. The van der Waals surface area contributed by atoms with Crippen LogP contribution in [-0.4, -0.2) is 26.6 Å². The SMILES string of the molecule is O=C1OC(O)(c2ccc3nsnc3c2)C(Cc2ccc(Br)cc2)=C1c1ccc2c(c1)OCO2. The van der Waals surface area contributed by atoms with Gasteiger partial charge in [-0.05, 0) is 53.6 Å². The van der Waals surface area contributed by atoms with E-state index in [9.17, 15) is 9.90 Å². The van der Waals surface area contributed by atoms with Crippen LogP contribution in [0.5, 0.6) is 11.5 Å². The molecule has 1 N–H and O–H groups in total. The number of carbonyl (C=O) groups is 1. The molecule has 4 aromatic rings. The maximum absolute atomic E-state index is 13.2. The van der Waals surface area contributed by atoms with Crippen LogP contribution in [0, 0.1) is 0 Å². The molecular formula is C24H15BrN2O5S. The first-order valence-electron chi connectivity index (χ1n) is 10.1. The number of aliphatic hydroxyl groups is 1. The quantitative estimate of drug-likeness (QED) is 0.392. The lowest BCUT2D eigenvalue weighted by molar-refractivity contribution is -0.185. The molecule has 164 valence electrons. The Morgan fingerprint density at radius 1 is 0.970 bits per heavy atom. The van der Waals surface area contributed by atoms with Gasteiger partial charge in [0.1, 0.15) is 11.0 Å². The Bertz CT molecular complexity index is 1450. The Morgan fingerprint density at radius 3 is 2.61 bits per heavy atom. The summed E-state index contributed by atoms with van der Waals surface area (Å²) in [7, 11) is 0. The molecule has 6 rings (SSSR count). The number of fused-ring (bicyclic) bond motifs is 2. The smallest absolute Gasteiger partial charge is 0.342 e. The largest absolute Gasteiger partial charge is 0.454 e.